The van der Waals surface area contributed by atoms with Crippen molar-refractivity contribution in [3.8, 4) is 0 Å². The number of hydrogen-bond donors (Lipinski definition) is 1. The fourth-order valence-electron chi connectivity index (χ4n) is 2.63. The van der Waals surface area contributed by atoms with Crippen molar-refractivity contribution in [2.75, 3.05) is 13.1 Å². The topological polar surface area (TPSA) is 15.3 Å². The molecule has 1 fully saturated rings. The zero-order valence-electron chi connectivity index (χ0n) is 11.4. The zero-order valence-corrected chi connectivity index (χ0v) is 13.0. The molecule has 1 aliphatic heterocycles. The smallest absolute Gasteiger partial charge is 0.0558 e. The molecule has 2 atom stereocenters. The second-order valence-corrected chi connectivity index (χ2v) is 6.85. The molecule has 0 radical (unpaired) electrons. The van der Waals surface area contributed by atoms with Gasteiger partial charge < -0.3 is 5.32 Å². The second kappa shape index (κ2) is 6.38. The Morgan fingerprint density at radius 3 is 2.89 bits per heavy atom. The summed E-state index contributed by atoms with van der Waals surface area (Å²) >= 11 is 8.00. The Hall–Kier alpha value is -0.0900. The van der Waals surface area contributed by atoms with Gasteiger partial charge in [-0.1, -0.05) is 32.4 Å². The van der Waals surface area contributed by atoms with Gasteiger partial charge >= 0.3 is 0 Å². The maximum absolute atomic E-state index is 6.22. The van der Waals surface area contributed by atoms with Crippen molar-refractivity contribution in [2.24, 2.45) is 5.92 Å². The average Bonchev–Trinajstić information content (AvgIpc) is 2.74. The number of rotatable bonds is 4. The summed E-state index contributed by atoms with van der Waals surface area (Å²) in [6, 6.07) is 3.25. The lowest BCUT2D eigenvalue weighted by molar-refractivity contribution is 0.0911. The number of hydrogen-bond acceptors (Lipinski definition) is 3. The van der Waals surface area contributed by atoms with Gasteiger partial charge in [-0.25, -0.2) is 0 Å². The van der Waals surface area contributed by atoms with Gasteiger partial charge in [0.15, 0.2) is 0 Å². The standard InChI is InChI=1S/C14H23ClN2S/c1-4-11-8-17(13(7-16-11)10(2)3)9-14-12(15)5-6-18-14/h5-6,10-11,13,16H,4,7-9H2,1-3H3. The van der Waals surface area contributed by atoms with Crippen molar-refractivity contribution in [2.45, 2.75) is 45.8 Å². The molecular weight excluding hydrogens is 264 g/mol. The molecule has 0 spiro atoms. The van der Waals surface area contributed by atoms with Crippen LogP contribution in [0.5, 0.6) is 0 Å². The van der Waals surface area contributed by atoms with E-state index in [0.29, 0.717) is 18.0 Å². The summed E-state index contributed by atoms with van der Waals surface area (Å²) in [5, 5.41) is 6.66. The van der Waals surface area contributed by atoms with E-state index in [4.69, 9.17) is 11.6 Å². The highest BCUT2D eigenvalue weighted by molar-refractivity contribution is 7.10. The van der Waals surface area contributed by atoms with Crippen LogP contribution in [0.3, 0.4) is 0 Å². The van der Waals surface area contributed by atoms with Crippen LogP contribution in [0.15, 0.2) is 11.4 Å². The van der Waals surface area contributed by atoms with Gasteiger partial charge in [0.2, 0.25) is 0 Å². The van der Waals surface area contributed by atoms with Crippen molar-refractivity contribution in [3.63, 3.8) is 0 Å². The molecule has 4 heteroatoms. The third kappa shape index (κ3) is 3.27. The molecule has 0 saturated carbocycles. The van der Waals surface area contributed by atoms with Gasteiger partial charge in [0.05, 0.1) is 5.02 Å². The Morgan fingerprint density at radius 1 is 1.56 bits per heavy atom. The summed E-state index contributed by atoms with van der Waals surface area (Å²) in [4.78, 5) is 3.91. The second-order valence-electron chi connectivity index (χ2n) is 5.45. The first kappa shape index (κ1) is 14.3. The number of piperazine rings is 1. The summed E-state index contributed by atoms with van der Waals surface area (Å²) in [6.45, 7) is 10.1. The molecule has 102 valence electrons. The largest absolute Gasteiger partial charge is 0.311 e. The molecule has 1 saturated heterocycles. The molecule has 1 N–H and O–H groups in total. The molecule has 0 aromatic carbocycles. The Balaban J connectivity index is 2.07. The Kier molecular flexibility index (Phi) is 5.07. The molecular formula is C14H23ClN2S. The lowest BCUT2D eigenvalue weighted by Crippen LogP contribution is -2.57. The quantitative estimate of drug-likeness (QED) is 0.910. The van der Waals surface area contributed by atoms with Crippen LogP contribution in [-0.2, 0) is 6.54 Å². The molecule has 2 heterocycles. The lowest BCUT2D eigenvalue weighted by atomic mass is 9.97. The van der Waals surface area contributed by atoms with Crippen LogP contribution in [0.1, 0.15) is 32.1 Å². The highest BCUT2D eigenvalue weighted by Crippen LogP contribution is 2.26. The fraction of sp³-hybridized carbons (Fsp3) is 0.714. The van der Waals surface area contributed by atoms with E-state index in [2.05, 4.69) is 36.4 Å². The van der Waals surface area contributed by atoms with Crippen LogP contribution < -0.4 is 5.32 Å². The van der Waals surface area contributed by atoms with Crippen LogP contribution in [0.25, 0.3) is 0 Å². The molecule has 2 unspecified atom stereocenters. The molecule has 1 aromatic rings. The molecule has 0 bridgehead atoms. The molecule has 2 rings (SSSR count). The third-order valence-corrected chi connectivity index (χ3v) is 5.21. The van der Waals surface area contributed by atoms with Gasteiger partial charge in [-0.05, 0) is 23.8 Å². The predicted octanol–water partition coefficient (Wildman–Crippen LogP) is 3.61. The Morgan fingerprint density at radius 2 is 2.33 bits per heavy atom. The number of nitrogens with zero attached hydrogens (tertiary/aromatic N) is 1. The summed E-state index contributed by atoms with van der Waals surface area (Å²) in [5.41, 5.74) is 0. The van der Waals surface area contributed by atoms with E-state index in [1.165, 1.54) is 11.3 Å². The van der Waals surface area contributed by atoms with Crippen LogP contribution in [-0.4, -0.2) is 30.1 Å². The van der Waals surface area contributed by atoms with Gasteiger partial charge in [-0.15, -0.1) is 11.3 Å². The zero-order chi connectivity index (χ0) is 13.1. The Labute approximate surface area is 119 Å². The summed E-state index contributed by atoms with van der Waals surface area (Å²) in [6.07, 6.45) is 1.19. The molecule has 2 nitrogen and oxygen atoms in total. The first-order chi connectivity index (χ1) is 8.61. The summed E-state index contributed by atoms with van der Waals surface area (Å²) in [7, 11) is 0. The highest BCUT2D eigenvalue weighted by Gasteiger charge is 2.29. The molecule has 18 heavy (non-hydrogen) atoms. The van der Waals surface area contributed by atoms with E-state index < -0.39 is 0 Å². The normalized spacial score (nSPS) is 25.8. The van der Waals surface area contributed by atoms with Gasteiger partial charge in [0, 0.05) is 36.6 Å². The van der Waals surface area contributed by atoms with E-state index in [1.54, 1.807) is 11.3 Å². The monoisotopic (exact) mass is 286 g/mol. The van der Waals surface area contributed by atoms with Crippen LogP contribution in [0, 0.1) is 5.92 Å². The predicted molar refractivity (Wildman–Crippen MR) is 80.4 cm³/mol. The fourth-order valence-corrected chi connectivity index (χ4v) is 3.75. The van der Waals surface area contributed by atoms with Crippen LogP contribution in [0.2, 0.25) is 5.02 Å². The molecule has 0 aliphatic carbocycles. The molecule has 1 aromatic heterocycles. The van der Waals surface area contributed by atoms with Crippen LogP contribution >= 0.6 is 22.9 Å². The minimum Gasteiger partial charge on any atom is -0.311 e. The van der Waals surface area contributed by atoms with Crippen molar-refractivity contribution in [3.05, 3.63) is 21.3 Å². The minimum absolute atomic E-state index is 0.617. The van der Waals surface area contributed by atoms with E-state index in [1.807, 2.05) is 6.07 Å². The van der Waals surface area contributed by atoms with Crippen molar-refractivity contribution >= 4 is 22.9 Å². The summed E-state index contributed by atoms with van der Waals surface area (Å²) in [5.74, 6) is 0.675. The van der Waals surface area contributed by atoms with Gasteiger partial charge in [-0.3, -0.25) is 4.90 Å². The first-order valence-electron chi connectivity index (χ1n) is 6.81. The van der Waals surface area contributed by atoms with Crippen molar-refractivity contribution < 1.29 is 0 Å². The van der Waals surface area contributed by atoms with Gasteiger partial charge in [0.1, 0.15) is 0 Å². The van der Waals surface area contributed by atoms with E-state index in [-0.39, 0.29) is 0 Å². The van der Waals surface area contributed by atoms with E-state index >= 15 is 0 Å². The summed E-state index contributed by atoms with van der Waals surface area (Å²) < 4.78 is 0. The molecule has 0 amide bonds. The number of nitrogens with one attached hydrogen (secondary N) is 1. The van der Waals surface area contributed by atoms with Gasteiger partial charge in [0.25, 0.3) is 0 Å². The molecule has 1 aliphatic rings. The maximum atomic E-state index is 6.22. The maximum Gasteiger partial charge on any atom is 0.0558 e. The van der Waals surface area contributed by atoms with E-state index in [9.17, 15) is 0 Å². The SMILES string of the molecule is CCC1CN(Cc2sccc2Cl)C(C(C)C)CN1. The Bertz CT molecular complexity index is 378. The van der Waals surface area contributed by atoms with Crippen molar-refractivity contribution in [1.82, 2.24) is 10.2 Å². The third-order valence-electron chi connectivity index (χ3n) is 3.84. The van der Waals surface area contributed by atoms with Crippen LogP contribution in [0.4, 0.5) is 0 Å². The number of thiophene rings is 1. The lowest BCUT2D eigenvalue weighted by Gasteiger charge is -2.42. The average molecular weight is 287 g/mol. The number of halogens is 1. The van der Waals surface area contributed by atoms with E-state index in [0.717, 1.165) is 24.7 Å². The minimum atomic E-state index is 0.617. The highest BCUT2D eigenvalue weighted by atomic mass is 35.5. The van der Waals surface area contributed by atoms with Crippen molar-refractivity contribution in [1.29, 1.82) is 0 Å². The van der Waals surface area contributed by atoms with Gasteiger partial charge in [-0.2, -0.15) is 0 Å². The first-order valence-corrected chi connectivity index (χ1v) is 8.06.